The molecule has 0 radical (unpaired) electrons. The van der Waals surface area contributed by atoms with E-state index < -0.39 is 41.2 Å². The molecule has 2 fully saturated rings. The summed E-state index contributed by atoms with van der Waals surface area (Å²) in [6.07, 6.45) is -2.25. The van der Waals surface area contributed by atoms with Gasteiger partial charge >= 0.3 is 6.18 Å². The van der Waals surface area contributed by atoms with Crippen LogP contribution in [0.5, 0.6) is 0 Å². The monoisotopic (exact) mass is 363 g/mol. The highest BCUT2D eigenvalue weighted by Gasteiger charge is 2.46. The lowest BCUT2D eigenvalue weighted by Crippen LogP contribution is -2.45. The van der Waals surface area contributed by atoms with Crippen LogP contribution >= 0.6 is 0 Å². The van der Waals surface area contributed by atoms with Gasteiger partial charge in [0.25, 0.3) is 11.8 Å². The Hall–Kier alpha value is -2.13. The number of likely N-dealkylation sites (tertiary alicyclic amines) is 1. The molecule has 1 N–H and O–H groups in total. The smallest absolute Gasteiger partial charge is 0.438 e. The number of hydrogen-bond acceptors (Lipinski definition) is 4. The maximum absolute atomic E-state index is 14.5. The van der Waals surface area contributed by atoms with Gasteiger partial charge in [-0.3, -0.25) is 9.59 Å². The maximum Gasteiger partial charge on any atom is 0.452 e. The van der Waals surface area contributed by atoms with Gasteiger partial charge in [-0.2, -0.15) is 13.2 Å². The van der Waals surface area contributed by atoms with Gasteiger partial charge in [-0.25, -0.2) is 9.37 Å². The molecular weight excluding hydrogens is 346 g/mol. The zero-order chi connectivity index (χ0) is 18.2. The highest BCUT2D eigenvalue weighted by molar-refractivity contribution is 5.93. The van der Waals surface area contributed by atoms with Gasteiger partial charge in [0.1, 0.15) is 0 Å². The van der Waals surface area contributed by atoms with E-state index in [0.717, 1.165) is 0 Å². The first-order valence-corrected chi connectivity index (χ1v) is 8.00. The van der Waals surface area contributed by atoms with Crippen molar-refractivity contribution >= 4 is 11.8 Å². The van der Waals surface area contributed by atoms with Crippen molar-refractivity contribution in [1.29, 1.82) is 0 Å². The number of carbonyl (C=O) groups is 2. The van der Waals surface area contributed by atoms with E-state index in [2.05, 4.69) is 14.7 Å². The lowest BCUT2D eigenvalue weighted by Gasteiger charge is -2.25. The molecule has 0 aromatic carbocycles. The summed E-state index contributed by atoms with van der Waals surface area (Å²) in [6, 6.07) is -0.556. The van der Waals surface area contributed by atoms with E-state index in [1.807, 2.05) is 0 Å². The molecule has 2 aliphatic rings. The number of nitrogens with zero attached hydrogens (tertiary/aromatic N) is 2. The molecule has 6 nitrogen and oxygen atoms in total. The van der Waals surface area contributed by atoms with E-state index in [1.165, 1.54) is 4.90 Å². The minimum Gasteiger partial charge on any atom is -0.438 e. The van der Waals surface area contributed by atoms with Gasteiger partial charge in [0.2, 0.25) is 5.76 Å². The standard InChI is InChI=1S/C15H17F4N3O3/c16-14(4-1-2-5-14)13(24)22-6-3-9(7-22)21-12(23)10-11(15(17,18)19)25-8-20-10/h8-9H,1-7H2,(H,21,23). The zero-order valence-corrected chi connectivity index (χ0v) is 13.2. The zero-order valence-electron chi connectivity index (χ0n) is 13.2. The molecule has 1 saturated carbocycles. The quantitative estimate of drug-likeness (QED) is 0.837. The average molecular weight is 363 g/mol. The number of hydrogen-bond donors (Lipinski definition) is 1. The minimum absolute atomic E-state index is 0.0649. The van der Waals surface area contributed by atoms with Crippen LogP contribution in [0.25, 0.3) is 0 Å². The number of halogens is 4. The van der Waals surface area contributed by atoms with Crippen LogP contribution in [0.4, 0.5) is 17.6 Å². The minimum atomic E-state index is -4.83. The first kappa shape index (κ1) is 17.7. The predicted molar refractivity (Wildman–Crippen MR) is 76.3 cm³/mol. The molecule has 2 amide bonds. The number of aromatic nitrogens is 1. The maximum atomic E-state index is 14.5. The van der Waals surface area contributed by atoms with Crippen LogP contribution in [0, 0.1) is 0 Å². The fraction of sp³-hybridized carbons (Fsp3) is 0.667. The lowest BCUT2D eigenvalue weighted by molar-refractivity contribution is -0.153. The predicted octanol–water partition coefficient (Wildman–Crippen LogP) is 2.31. The third-order valence-corrected chi connectivity index (χ3v) is 4.63. The largest absolute Gasteiger partial charge is 0.452 e. The van der Waals surface area contributed by atoms with Crippen molar-refractivity contribution in [2.24, 2.45) is 0 Å². The van der Waals surface area contributed by atoms with Crippen LogP contribution in [-0.2, 0) is 11.0 Å². The third-order valence-electron chi connectivity index (χ3n) is 4.63. The van der Waals surface area contributed by atoms with Crippen molar-refractivity contribution < 1.29 is 31.6 Å². The van der Waals surface area contributed by atoms with Crippen molar-refractivity contribution in [3.8, 4) is 0 Å². The van der Waals surface area contributed by atoms with E-state index in [0.29, 0.717) is 25.7 Å². The molecule has 1 atom stereocenters. The second kappa shape index (κ2) is 6.30. The van der Waals surface area contributed by atoms with Crippen LogP contribution in [0.3, 0.4) is 0 Å². The Morgan fingerprint density at radius 1 is 1.32 bits per heavy atom. The van der Waals surface area contributed by atoms with E-state index in [1.54, 1.807) is 0 Å². The molecule has 1 aromatic heterocycles. The van der Waals surface area contributed by atoms with Crippen molar-refractivity contribution in [3.05, 3.63) is 17.8 Å². The molecule has 1 aromatic rings. The molecule has 1 unspecified atom stereocenters. The molecule has 138 valence electrons. The summed E-state index contributed by atoms with van der Waals surface area (Å²) < 4.78 is 57.0. The summed E-state index contributed by atoms with van der Waals surface area (Å²) in [5, 5.41) is 2.40. The summed E-state index contributed by atoms with van der Waals surface area (Å²) in [4.78, 5) is 28.9. The highest BCUT2D eigenvalue weighted by atomic mass is 19.4. The molecule has 0 spiro atoms. The topological polar surface area (TPSA) is 75.4 Å². The van der Waals surface area contributed by atoms with Gasteiger partial charge in [-0.1, -0.05) is 0 Å². The third kappa shape index (κ3) is 3.47. The Labute approximate surface area is 140 Å². The first-order valence-electron chi connectivity index (χ1n) is 8.00. The average Bonchev–Trinajstić information content (AvgIpc) is 3.25. The molecular formula is C15H17F4N3O3. The molecule has 0 bridgehead atoms. The summed E-state index contributed by atoms with van der Waals surface area (Å²) in [6.45, 7) is 0.315. The molecule has 1 saturated heterocycles. The SMILES string of the molecule is O=C(NC1CCN(C(=O)C2(F)CCCC2)C1)c1ncoc1C(F)(F)F. The van der Waals surface area contributed by atoms with Gasteiger partial charge in [-0.05, 0) is 32.1 Å². The second-order valence-electron chi connectivity index (χ2n) is 6.41. The molecule has 2 heterocycles. The second-order valence-corrected chi connectivity index (χ2v) is 6.41. The summed E-state index contributed by atoms with van der Waals surface area (Å²) in [7, 11) is 0. The van der Waals surface area contributed by atoms with E-state index in [4.69, 9.17) is 0 Å². The van der Waals surface area contributed by atoms with Gasteiger partial charge in [0.15, 0.2) is 17.8 Å². The summed E-state index contributed by atoms with van der Waals surface area (Å²) in [5.74, 6) is -3.10. The van der Waals surface area contributed by atoms with E-state index in [-0.39, 0.29) is 25.9 Å². The Morgan fingerprint density at radius 3 is 2.64 bits per heavy atom. The van der Waals surface area contributed by atoms with E-state index >= 15 is 0 Å². The number of alkyl halides is 4. The van der Waals surface area contributed by atoms with Crippen LogP contribution in [0.15, 0.2) is 10.8 Å². The van der Waals surface area contributed by atoms with Crippen LogP contribution in [-0.4, -0.2) is 46.5 Å². The van der Waals surface area contributed by atoms with Gasteiger partial charge in [-0.15, -0.1) is 0 Å². The fourth-order valence-corrected chi connectivity index (χ4v) is 3.36. The van der Waals surface area contributed by atoms with Crippen molar-refractivity contribution in [1.82, 2.24) is 15.2 Å². The highest BCUT2D eigenvalue weighted by Crippen LogP contribution is 2.36. The number of oxazole rings is 1. The lowest BCUT2D eigenvalue weighted by atomic mass is 10.0. The van der Waals surface area contributed by atoms with Gasteiger partial charge in [0.05, 0.1) is 0 Å². The van der Waals surface area contributed by atoms with Crippen LogP contribution < -0.4 is 5.32 Å². The molecule has 1 aliphatic heterocycles. The van der Waals surface area contributed by atoms with Crippen LogP contribution in [0.2, 0.25) is 0 Å². The Morgan fingerprint density at radius 2 is 2.00 bits per heavy atom. The van der Waals surface area contributed by atoms with Crippen molar-refractivity contribution in [3.63, 3.8) is 0 Å². The number of amides is 2. The molecule has 10 heteroatoms. The number of rotatable bonds is 3. The van der Waals surface area contributed by atoms with Crippen molar-refractivity contribution in [2.45, 2.75) is 50.0 Å². The van der Waals surface area contributed by atoms with E-state index in [9.17, 15) is 27.2 Å². The Bertz CT molecular complexity index is 667. The Kier molecular flexibility index (Phi) is 4.46. The van der Waals surface area contributed by atoms with Crippen LogP contribution in [0.1, 0.15) is 48.4 Å². The van der Waals surface area contributed by atoms with Gasteiger partial charge in [0, 0.05) is 19.1 Å². The number of carbonyl (C=O) groups excluding carboxylic acids is 2. The summed E-state index contributed by atoms with van der Waals surface area (Å²) >= 11 is 0. The first-order chi connectivity index (χ1) is 11.7. The molecule has 1 aliphatic carbocycles. The Balaban J connectivity index is 1.61. The molecule has 3 rings (SSSR count). The molecule has 25 heavy (non-hydrogen) atoms. The number of nitrogens with one attached hydrogen (secondary N) is 1. The fourth-order valence-electron chi connectivity index (χ4n) is 3.36. The normalized spacial score (nSPS) is 23.0. The summed E-state index contributed by atoms with van der Waals surface area (Å²) in [5.41, 5.74) is -2.70. The van der Waals surface area contributed by atoms with Crippen molar-refractivity contribution in [2.75, 3.05) is 13.1 Å². The van der Waals surface area contributed by atoms with Gasteiger partial charge < -0.3 is 14.6 Å².